The summed E-state index contributed by atoms with van der Waals surface area (Å²) in [6, 6.07) is 1.99. The first kappa shape index (κ1) is 13.4. The Balaban J connectivity index is 2.08. The van der Waals surface area contributed by atoms with Gasteiger partial charge < -0.3 is 10.3 Å². The molecule has 4 nitrogen and oxygen atoms in total. The molecule has 6 heteroatoms. The highest BCUT2D eigenvalue weighted by atomic mass is 32.2. The summed E-state index contributed by atoms with van der Waals surface area (Å²) in [5.41, 5.74) is 6.76. The first-order chi connectivity index (χ1) is 8.60. The van der Waals surface area contributed by atoms with Crippen LogP contribution in [-0.4, -0.2) is 15.4 Å². The van der Waals surface area contributed by atoms with Gasteiger partial charge in [0.1, 0.15) is 0 Å². The van der Waals surface area contributed by atoms with E-state index in [0.29, 0.717) is 11.1 Å². The molecule has 1 atom stereocenters. The van der Waals surface area contributed by atoms with Crippen molar-refractivity contribution in [1.82, 2.24) is 10.1 Å². The van der Waals surface area contributed by atoms with Gasteiger partial charge in [0, 0.05) is 10.1 Å². The summed E-state index contributed by atoms with van der Waals surface area (Å²) in [5.74, 6) is 2.04. The number of nitrogens with zero attached hydrogens (tertiary/aromatic N) is 2. The summed E-state index contributed by atoms with van der Waals surface area (Å²) in [7, 11) is 0. The van der Waals surface area contributed by atoms with Gasteiger partial charge in [-0.15, -0.1) is 11.3 Å². The molecule has 2 N–H and O–H groups in total. The molecule has 1 unspecified atom stereocenters. The molecular formula is C12H17N3OS2. The molecule has 18 heavy (non-hydrogen) atoms. The zero-order valence-corrected chi connectivity index (χ0v) is 12.4. The van der Waals surface area contributed by atoms with Gasteiger partial charge in [-0.3, -0.25) is 0 Å². The molecule has 0 amide bonds. The highest BCUT2D eigenvalue weighted by Gasteiger charge is 2.14. The van der Waals surface area contributed by atoms with Crippen LogP contribution in [0.25, 0.3) is 11.5 Å². The molecule has 0 bridgehead atoms. The van der Waals surface area contributed by atoms with E-state index in [-0.39, 0.29) is 0 Å². The van der Waals surface area contributed by atoms with Crippen LogP contribution >= 0.6 is 23.1 Å². The minimum Gasteiger partial charge on any atom is -0.390 e. The third-order valence-corrected chi connectivity index (χ3v) is 4.86. The minimum absolute atomic E-state index is 0.525. The SMILES string of the molecule is CCC(C)SCc1noc(-c2cc(C)sc2N)n1. The van der Waals surface area contributed by atoms with Crippen molar-refractivity contribution in [3.8, 4) is 11.5 Å². The highest BCUT2D eigenvalue weighted by molar-refractivity contribution is 7.99. The summed E-state index contributed by atoms with van der Waals surface area (Å²) in [5, 5.41) is 5.34. The summed E-state index contributed by atoms with van der Waals surface area (Å²) in [6.07, 6.45) is 1.14. The number of aromatic nitrogens is 2. The van der Waals surface area contributed by atoms with Crippen LogP contribution in [0, 0.1) is 6.92 Å². The number of nitrogen functional groups attached to an aromatic ring is 1. The van der Waals surface area contributed by atoms with Gasteiger partial charge in [0.25, 0.3) is 5.89 Å². The summed E-state index contributed by atoms with van der Waals surface area (Å²) < 4.78 is 5.26. The van der Waals surface area contributed by atoms with Crippen molar-refractivity contribution in [1.29, 1.82) is 0 Å². The monoisotopic (exact) mass is 283 g/mol. The van der Waals surface area contributed by atoms with Crippen molar-refractivity contribution in [2.24, 2.45) is 0 Å². The fourth-order valence-electron chi connectivity index (χ4n) is 1.46. The lowest BCUT2D eigenvalue weighted by Gasteiger charge is -2.04. The Morgan fingerprint density at radius 1 is 1.56 bits per heavy atom. The number of thiophene rings is 1. The lowest BCUT2D eigenvalue weighted by molar-refractivity contribution is 0.425. The first-order valence-corrected chi connectivity index (χ1v) is 7.77. The Morgan fingerprint density at radius 3 is 2.94 bits per heavy atom. The normalized spacial score (nSPS) is 12.8. The molecule has 0 radical (unpaired) electrons. The van der Waals surface area contributed by atoms with Gasteiger partial charge in [-0.1, -0.05) is 19.0 Å². The molecule has 0 aromatic carbocycles. The van der Waals surface area contributed by atoms with Crippen molar-refractivity contribution >= 4 is 28.1 Å². The number of anilines is 1. The second-order valence-corrected chi connectivity index (χ2v) is 6.90. The van der Waals surface area contributed by atoms with Gasteiger partial charge >= 0.3 is 0 Å². The van der Waals surface area contributed by atoms with Gasteiger partial charge in [0.15, 0.2) is 5.82 Å². The van der Waals surface area contributed by atoms with E-state index < -0.39 is 0 Å². The maximum absolute atomic E-state index is 5.91. The summed E-state index contributed by atoms with van der Waals surface area (Å²) in [6.45, 7) is 6.39. The van der Waals surface area contributed by atoms with Gasteiger partial charge in [0.2, 0.25) is 0 Å². The van der Waals surface area contributed by atoms with Crippen LogP contribution in [0.1, 0.15) is 31.0 Å². The molecule has 0 aliphatic carbocycles. The van der Waals surface area contributed by atoms with Crippen LogP contribution in [0.2, 0.25) is 0 Å². The number of aryl methyl sites for hydroxylation is 1. The summed E-state index contributed by atoms with van der Waals surface area (Å²) in [4.78, 5) is 5.54. The van der Waals surface area contributed by atoms with E-state index in [4.69, 9.17) is 10.3 Å². The van der Waals surface area contributed by atoms with Gasteiger partial charge in [-0.25, -0.2) is 0 Å². The number of rotatable bonds is 5. The maximum Gasteiger partial charge on any atom is 0.260 e. The number of thioether (sulfide) groups is 1. The predicted octanol–water partition coefficient (Wildman–Crippen LogP) is 3.72. The standard InChI is InChI=1S/C12H17N3OS2/c1-4-7(2)17-6-10-14-12(16-15-10)9-5-8(3)18-11(9)13/h5,7H,4,6,13H2,1-3H3. The van der Waals surface area contributed by atoms with Gasteiger partial charge in [0.05, 0.1) is 16.3 Å². The van der Waals surface area contributed by atoms with Crippen molar-refractivity contribution in [2.75, 3.05) is 5.73 Å². The molecule has 2 aromatic rings. The van der Waals surface area contributed by atoms with E-state index in [1.54, 1.807) is 0 Å². The van der Waals surface area contributed by atoms with Crippen molar-refractivity contribution in [3.05, 3.63) is 16.8 Å². The largest absolute Gasteiger partial charge is 0.390 e. The quantitative estimate of drug-likeness (QED) is 0.906. The maximum atomic E-state index is 5.91. The molecule has 2 rings (SSSR count). The lowest BCUT2D eigenvalue weighted by Crippen LogP contribution is -1.94. The Kier molecular flexibility index (Phi) is 4.29. The number of hydrogen-bond donors (Lipinski definition) is 1. The molecule has 0 spiro atoms. The third kappa shape index (κ3) is 3.05. The molecule has 0 saturated carbocycles. The fraction of sp³-hybridized carbons (Fsp3) is 0.500. The van der Waals surface area contributed by atoms with E-state index in [2.05, 4.69) is 24.0 Å². The average Bonchev–Trinajstić information content (AvgIpc) is 2.92. The van der Waals surface area contributed by atoms with E-state index in [0.717, 1.165) is 33.4 Å². The highest BCUT2D eigenvalue weighted by Crippen LogP contribution is 2.32. The van der Waals surface area contributed by atoms with Crippen LogP contribution in [0.3, 0.4) is 0 Å². The lowest BCUT2D eigenvalue weighted by atomic mass is 10.3. The number of hydrogen-bond acceptors (Lipinski definition) is 6. The van der Waals surface area contributed by atoms with E-state index in [1.165, 1.54) is 11.3 Å². The zero-order valence-electron chi connectivity index (χ0n) is 10.8. The average molecular weight is 283 g/mol. The van der Waals surface area contributed by atoms with Crippen LogP contribution in [0.15, 0.2) is 10.6 Å². The van der Waals surface area contributed by atoms with Crippen molar-refractivity contribution < 1.29 is 4.52 Å². The Hall–Kier alpha value is -1.01. The van der Waals surface area contributed by atoms with Crippen molar-refractivity contribution in [3.63, 3.8) is 0 Å². The van der Waals surface area contributed by atoms with Gasteiger partial charge in [-0.2, -0.15) is 16.7 Å². The van der Waals surface area contributed by atoms with E-state index >= 15 is 0 Å². The third-order valence-electron chi connectivity index (χ3n) is 2.65. The first-order valence-electron chi connectivity index (χ1n) is 5.90. The van der Waals surface area contributed by atoms with E-state index in [1.807, 2.05) is 24.8 Å². The fourth-order valence-corrected chi connectivity index (χ4v) is 3.02. The minimum atomic E-state index is 0.525. The number of nitrogens with two attached hydrogens (primary N) is 1. The van der Waals surface area contributed by atoms with Crippen LogP contribution in [0.5, 0.6) is 0 Å². The molecule has 2 aromatic heterocycles. The molecule has 0 aliphatic rings. The molecule has 2 heterocycles. The molecule has 0 saturated heterocycles. The predicted molar refractivity (Wildman–Crippen MR) is 77.8 cm³/mol. The van der Waals surface area contributed by atoms with Crippen LogP contribution < -0.4 is 5.73 Å². The van der Waals surface area contributed by atoms with Crippen LogP contribution in [-0.2, 0) is 5.75 Å². The van der Waals surface area contributed by atoms with Crippen molar-refractivity contribution in [2.45, 2.75) is 38.2 Å². The smallest absolute Gasteiger partial charge is 0.260 e. The van der Waals surface area contributed by atoms with Crippen LogP contribution in [0.4, 0.5) is 5.00 Å². The Morgan fingerprint density at radius 2 is 2.33 bits per heavy atom. The summed E-state index contributed by atoms with van der Waals surface area (Å²) >= 11 is 3.37. The topological polar surface area (TPSA) is 64.9 Å². The Bertz CT molecular complexity index is 521. The second kappa shape index (κ2) is 5.75. The second-order valence-electron chi connectivity index (χ2n) is 4.18. The molecule has 98 valence electrons. The molecule has 0 fully saturated rings. The Labute approximate surface area is 115 Å². The molecular weight excluding hydrogens is 266 g/mol. The zero-order chi connectivity index (χ0) is 13.1. The van der Waals surface area contributed by atoms with E-state index in [9.17, 15) is 0 Å². The van der Waals surface area contributed by atoms with Gasteiger partial charge in [-0.05, 0) is 19.4 Å². The molecule has 0 aliphatic heterocycles.